The summed E-state index contributed by atoms with van der Waals surface area (Å²) in [4.78, 5) is 12.5. The van der Waals surface area contributed by atoms with E-state index >= 15 is 0 Å². The van der Waals surface area contributed by atoms with Gasteiger partial charge >= 0.3 is 15.5 Å². The van der Waals surface area contributed by atoms with Crippen molar-refractivity contribution in [2.75, 3.05) is 6.61 Å². The summed E-state index contributed by atoms with van der Waals surface area (Å²) in [5.74, 6) is -1.57. The summed E-state index contributed by atoms with van der Waals surface area (Å²) in [5.41, 5.74) is -1.56. The van der Waals surface area contributed by atoms with Crippen LogP contribution in [0.2, 0.25) is 0 Å². The van der Waals surface area contributed by atoms with Crippen LogP contribution < -0.4 is 9.46 Å². The Bertz CT molecular complexity index is 1650. The Hall–Kier alpha value is -4.18. The predicted octanol–water partition coefficient (Wildman–Crippen LogP) is 6.53. The molecule has 1 heterocycles. The van der Waals surface area contributed by atoms with Crippen molar-refractivity contribution in [1.29, 1.82) is 0 Å². The van der Waals surface area contributed by atoms with Crippen molar-refractivity contribution in [2.24, 2.45) is 5.92 Å². The number of nitrogens with one attached hydrogen (secondary N) is 1. The number of alkyl halides is 3. The minimum atomic E-state index is -5.94. The number of rotatable bonds is 6. The number of sulfonamides is 1. The van der Waals surface area contributed by atoms with E-state index in [0.717, 1.165) is 51.6 Å². The first-order chi connectivity index (χ1) is 19.0. The lowest BCUT2D eigenvalue weighted by atomic mass is 9.89. The van der Waals surface area contributed by atoms with E-state index in [4.69, 9.17) is 4.74 Å². The van der Waals surface area contributed by atoms with Gasteiger partial charge < -0.3 is 4.74 Å². The fourth-order valence-electron chi connectivity index (χ4n) is 4.72. The SMILES string of the molecule is O=C(NS(=O)(=O)C(F)(F)F)c1ccc(F)cc1-c1ccc2c(c1)OC[C@H](Cc1ccc(-c3ccccc3)cc1)C2. The van der Waals surface area contributed by atoms with Gasteiger partial charge in [-0.15, -0.1) is 0 Å². The van der Waals surface area contributed by atoms with Gasteiger partial charge in [-0.3, -0.25) is 4.79 Å². The molecule has 0 bridgehead atoms. The molecule has 206 valence electrons. The third-order valence-corrected chi connectivity index (χ3v) is 7.77. The van der Waals surface area contributed by atoms with Gasteiger partial charge in [0.05, 0.1) is 6.61 Å². The molecule has 10 heteroatoms. The van der Waals surface area contributed by atoms with Crippen LogP contribution in [-0.2, 0) is 22.9 Å². The number of carbonyl (C=O) groups is 1. The largest absolute Gasteiger partial charge is 0.516 e. The second-order valence-electron chi connectivity index (χ2n) is 9.54. The second-order valence-corrected chi connectivity index (χ2v) is 11.2. The Morgan fingerprint density at radius 3 is 2.25 bits per heavy atom. The molecule has 1 aliphatic rings. The lowest BCUT2D eigenvalue weighted by Crippen LogP contribution is -2.40. The number of amides is 1. The van der Waals surface area contributed by atoms with E-state index in [1.54, 1.807) is 18.2 Å². The smallest absolute Gasteiger partial charge is 0.493 e. The molecule has 4 aromatic rings. The topological polar surface area (TPSA) is 72.5 Å². The van der Waals surface area contributed by atoms with Crippen LogP contribution in [0.3, 0.4) is 0 Å². The van der Waals surface area contributed by atoms with Crippen LogP contribution in [0.5, 0.6) is 5.75 Å². The van der Waals surface area contributed by atoms with Crippen molar-refractivity contribution in [1.82, 2.24) is 4.72 Å². The first-order valence-corrected chi connectivity index (χ1v) is 13.8. The van der Waals surface area contributed by atoms with Crippen LogP contribution in [-0.4, -0.2) is 26.4 Å². The average Bonchev–Trinajstić information content (AvgIpc) is 2.92. The Morgan fingerprint density at radius 2 is 1.55 bits per heavy atom. The van der Waals surface area contributed by atoms with E-state index in [1.807, 2.05) is 18.2 Å². The van der Waals surface area contributed by atoms with Gasteiger partial charge in [-0.05, 0) is 70.5 Å². The van der Waals surface area contributed by atoms with Crippen LogP contribution in [0.4, 0.5) is 17.6 Å². The van der Waals surface area contributed by atoms with Gasteiger partial charge in [0.25, 0.3) is 5.91 Å². The van der Waals surface area contributed by atoms with E-state index in [2.05, 4.69) is 36.4 Å². The molecule has 1 aliphatic heterocycles. The second kappa shape index (κ2) is 10.8. The number of benzene rings is 4. The molecule has 5 rings (SSSR count). The van der Waals surface area contributed by atoms with E-state index < -0.39 is 32.8 Å². The van der Waals surface area contributed by atoms with Gasteiger partial charge in [0.2, 0.25) is 0 Å². The quantitative estimate of drug-likeness (QED) is 0.268. The van der Waals surface area contributed by atoms with Gasteiger partial charge in [0.1, 0.15) is 11.6 Å². The van der Waals surface area contributed by atoms with Crippen LogP contribution in [0.25, 0.3) is 22.3 Å². The minimum absolute atomic E-state index is 0.0677. The van der Waals surface area contributed by atoms with Crippen LogP contribution >= 0.6 is 0 Å². The summed E-state index contributed by atoms with van der Waals surface area (Å²) in [6, 6.07) is 26.1. The van der Waals surface area contributed by atoms with E-state index in [-0.39, 0.29) is 11.5 Å². The molecular weight excluding hydrogens is 546 g/mol. The van der Waals surface area contributed by atoms with Crippen molar-refractivity contribution in [3.63, 3.8) is 0 Å². The summed E-state index contributed by atoms with van der Waals surface area (Å²) in [6.07, 6.45) is 1.49. The lowest BCUT2D eigenvalue weighted by Gasteiger charge is -2.26. The molecule has 0 fully saturated rings. The Labute approximate surface area is 228 Å². The fourth-order valence-corrected chi connectivity index (χ4v) is 5.19. The van der Waals surface area contributed by atoms with Crippen LogP contribution in [0.1, 0.15) is 21.5 Å². The highest BCUT2D eigenvalue weighted by Gasteiger charge is 2.47. The molecule has 0 radical (unpaired) electrons. The van der Waals surface area contributed by atoms with Crippen molar-refractivity contribution in [2.45, 2.75) is 18.3 Å². The molecule has 5 nitrogen and oxygen atoms in total. The molecule has 4 aromatic carbocycles. The highest BCUT2D eigenvalue weighted by Crippen LogP contribution is 2.35. The Balaban J connectivity index is 1.33. The first-order valence-electron chi connectivity index (χ1n) is 12.3. The van der Waals surface area contributed by atoms with Gasteiger partial charge in [0, 0.05) is 11.5 Å². The molecular formula is C30H23F4NO4S. The number of hydrogen-bond acceptors (Lipinski definition) is 4. The molecule has 1 N–H and O–H groups in total. The maximum Gasteiger partial charge on any atom is 0.516 e. The van der Waals surface area contributed by atoms with Crippen LogP contribution in [0, 0.1) is 11.7 Å². The average molecular weight is 570 g/mol. The highest BCUT2D eigenvalue weighted by atomic mass is 32.2. The number of ether oxygens (including phenoxy) is 1. The molecule has 40 heavy (non-hydrogen) atoms. The standard InChI is InChI=1S/C30H23F4NO4S/c31-25-12-13-26(29(36)35-40(37,38)30(32,33)34)27(17-25)23-10-11-24-15-20(18-39-28(24)16-23)14-19-6-8-22(9-7-19)21-4-2-1-3-5-21/h1-13,16-17,20H,14-15,18H2,(H,35,36)/t20-/m1/s1. The summed E-state index contributed by atoms with van der Waals surface area (Å²) < 4.78 is 82.2. The zero-order valence-corrected chi connectivity index (χ0v) is 21.7. The molecule has 0 saturated heterocycles. The predicted molar refractivity (Wildman–Crippen MR) is 143 cm³/mol. The fraction of sp³-hybridized carbons (Fsp3) is 0.167. The van der Waals surface area contributed by atoms with Gasteiger partial charge in [-0.25, -0.2) is 9.11 Å². The molecule has 0 aromatic heterocycles. The lowest BCUT2D eigenvalue weighted by molar-refractivity contribution is -0.0446. The molecule has 1 amide bonds. The van der Waals surface area contributed by atoms with E-state index in [1.165, 1.54) is 0 Å². The summed E-state index contributed by atoms with van der Waals surface area (Å²) in [6.45, 7) is 0.414. The van der Waals surface area contributed by atoms with Gasteiger partial charge in [-0.1, -0.05) is 66.7 Å². The van der Waals surface area contributed by atoms with Gasteiger partial charge in [-0.2, -0.15) is 21.6 Å². The number of halogens is 4. The third-order valence-electron chi connectivity index (χ3n) is 6.70. The maximum atomic E-state index is 14.1. The summed E-state index contributed by atoms with van der Waals surface area (Å²) in [5, 5.41) is 0. The zero-order chi connectivity index (χ0) is 28.5. The van der Waals surface area contributed by atoms with Crippen LogP contribution in [0.15, 0.2) is 91.0 Å². The molecule has 0 unspecified atom stereocenters. The van der Waals surface area contributed by atoms with E-state index in [9.17, 15) is 30.8 Å². The third kappa shape index (κ3) is 5.86. The van der Waals surface area contributed by atoms with Crippen molar-refractivity contribution in [3.05, 3.63) is 114 Å². The van der Waals surface area contributed by atoms with Gasteiger partial charge in [0.15, 0.2) is 0 Å². The summed E-state index contributed by atoms with van der Waals surface area (Å²) >= 11 is 0. The number of carbonyl (C=O) groups excluding carboxylic acids is 1. The molecule has 0 saturated carbocycles. The van der Waals surface area contributed by atoms with Crippen molar-refractivity contribution in [3.8, 4) is 28.0 Å². The minimum Gasteiger partial charge on any atom is -0.493 e. The maximum absolute atomic E-state index is 14.1. The normalized spacial score (nSPS) is 15.2. The molecule has 1 atom stereocenters. The highest BCUT2D eigenvalue weighted by molar-refractivity contribution is 7.90. The van der Waals surface area contributed by atoms with Crippen molar-refractivity contribution < 1.29 is 35.5 Å². The summed E-state index contributed by atoms with van der Waals surface area (Å²) in [7, 11) is -5.94. The van der Waals surface area contributed by atoms with E-state index in [0.29, 0.717) is 24.3 Å². The Kier molecular flexibility index (Phi) is 7.37. The van der Waals surface area contributed by atoms with Crippen molar-refractivity contribution >= 4 is 15.9 Å². The first kappa shape index (κ1) is 27.4. The Morgan fingerprint density at radius 1 is 0.875 bits per heavy atom. The number of hydrogen-bond donors (Lipinski definition) is 1. The number of fused-ring (bicyclic) bond motifs is 1. The monoisotopic (exact) mass is 569 g/mol. The molecule has 0 spiro atoms. The molecule has 0 aliphatic carbocycles. The zero-order valence-electron chi connectivity index (χ0n) is 20.9.